The van der Waals surface area contributed by atoms with E-state index in [0.29, 0.717) is 5.75 Å². The summed E-state index contributed by atoms with van der Waals surface area (Å²) in [5.74, 6) is 1.19. The Hall–Kier alpha value is -2.01. The Morgan fingerprint density at radius 3 is 2.83 bits per heavy atom. The largest absolute Gasteiger partial charge is 0.300 e. The van der Waals surface area contributed by atoms with E-state index in [9.17, 15) is 4.21 Å². The molecule has 2 aromatic heterocycles. The number of imidazole rings is 1. The molecule has 3 rings (SSSR count). The van der Waals surface area contributed by atoms with Gasteiger partial charge in [0.15, 0.2) is 0 Å². The Bertz CT molecular complexity index is 694. The molecule has 0 aliphatic rings. The third-order valence-electron chi connectivity index (χ3n) is 2.68. The molecule has 0 aliphatic carbocycles. The van der Waals surface area contributed by atoms with E-state index in [-0.39, 0.29) is 0 Å². The van der Waals surface area contributed by atoms with Crippen LogP contribution in [0.5, 0.6) is 0 Å². The van der Waals surface area contributed by atoms with Crippen LogP contribution < -0.4 is 0 Å². The van der Waals surface area contributed by atoms with E-state index in [1.807, 2.05) is 40.9 Å². The van der Waals surface area contributed by atoms with Crippen LogP contribution >= 0.6 is 0 Å². The number of hydrogen-bond donors (Lipinski definition) is 0. The summed E-state index contributed by atoms with van der Waals surface area (Å²) >= 11 is 0. The molecular weight excluding hydrogens is 246 g/mol. The van der Waals surface area contributed by atoms with Crippen molar-refractivity contribution in [1.29, 1.82) is 0 Å². The van der Waals surface area contributed by atoms with E-state index in [1.165, 1.54) is 0 Å². The van der Waals surface area contributed by atoms with Crippen LogP contribution in [0.4, 0.5) is 0 Å². The Morgan fingerprint density at radius 2 is 2.00 bits per heavy atom. The van der Waals surface area contributed by atoms with E-state index < -0.39 is 10.8 Å². The van der Waals surface area contributed by atoms with E-state index in [4.69, 9.17) is 0 Å². The number of nitrogens with zero attached hydrogens (tertiary/aromatic N) is 3. The summed E-state index contributed by atoms with van der Waals surface area (Å²) in [7, 11) is -1.07. The number of benzene rings is 1. The van der Waals surface area contributed by atoms with E-state index in [0.717, 1.165) is 16.2 Å². The van der Waals surface area contributed by atoms with E-state index in [1.54, 1.807) is 18.6 Å². The molecule has 3 aromatic rings. The summed E-state index contributed by atoms with van der Waals surface area (Å²) in [4.78, 5) is 9.14. The lowest BCUT2D eigenvalue weighted by molar-refractivity contribution is 0.681. The quantitative estimate of drug-likeness (QED) is 0.721. The first kappa shape index (κ1) is 11.1. The van der Waals surface area contributed by atoms with E-state index in [2.05, 4.69) is 9.97 Å². The summed E-state index contributed by atoms with van der Waals surface area (Å²) < 4.78 is 14.1. The molecule has 18 heavy (non-hydrogen) atoms. The second-order valence-electron chi connectivity index (χ2n) is 3.85. The lowest BCUT2D eigenvalue weighted by Gasteiger charge is -2.02. The van der Waals surface area contributed by atoms with Crippen LogP contribution in [0, 0.1) is 0 Å². The molecule has 0 saturated carbocycles. The molecule has 1 unspecified atom stereocenters. The second kappa shape index (κ2) is 4.70. The minimum atomic E-state index is -1.07. The molecule has 90 valence electrons. The fraction of sp³-hybridized carbons (Fsp3) is 0.0769. The molecule has 1 atom stereocenters. The molecular formula is C13H11N3OS. The maximum absolute atomic E-state index is 12.2. The summed E-state index contributed by atoms with van der Waals surface area (Å²) in [6.07, 6.45) is 7.01. The third-order valence-corrected chi connectivity index (χ3v) is 4.00. The van der Waals surface area contributed by atoms with Crippen molar-refractivity contribution in [3.8, 4) is 0 Å². The number of aromatic nitrogens is 3. The molecule has 5 heteroatoms. The first-order valence-corrected chi connectivity index (χ1v) is 6.86. The van der Waals surface area contributed by atoms with Gasteiger partial charge in [-0.25, -0.2) is 4.98 Å². The zero-order chi connectivity index (χ0) is 12.4. The van der Waals surface area contributed by atoms with Gasteiger partial charge in [-0.1, -0.05) is 18.2 Å². The first-order chi connectivity index (χ1) is 8.84. The highest BCUT2D eigenvalue weighted by Gasteiger charge is 2.09. The Kier molecular flexibility index (Phi) is 2.90. The molecule has 0 spiro atoms. The summed E-state index contributed by atoms with van der Waals surface area (Å²) in [6.45, 7) is 0. The SMILES string of the molecule is O=S(Cc1ncc2cnccn12)c1ccccc1. The average Bonchev–Trinajstić information content (AvgIpc) is 2.83. The van der Waals surface area contributed by atoms with Crippen LogP contribution in [0.1, 0.15) is 5.82 Å². The van der Waals surface area contributed by atoms with Crippen molar-refractivity contribution in [2.75, 3.05) is 0 Å². The van der Waals surface area contributed by atoms with Crippen LogP contribution in [0.2, 0.25) is 0 Å². The van der Waals surface area contributed by atoms with Gasteiger partial charge >= 0.3 is 0 Å². The number of fused-ring (bicyclic) bond motifs is 1. The van der Waals surface area contributed by atoms with Crippen molar-refractivity contribution in [3.63, 3.8) is 0 Å². The van der Waals surface area contributed by atoms with Gasteiger partial charge in [0.2, 0.25) is 0 Å². The van der Waals surface area contributed by atoms with Crippen LogP contribution in [-0.4, -0.2) is 18.6 Å². The minimum Gasteiger partial charge on any atom is -0.300 e. The maximum atomic E-state index is 12.2. The van der Waals surface area contributed by atoms with Gasteiger partial charge in [-0.15, -0.1) is 0 Å². The normalized spacial score (nSPS) is 12.7. The Labute approximate surface area is 107 Å². The van der Waals surface area contributed by atoms with Gasteiger partial charge in [0, 0.05) is 17.3 Å². The smallest absolute Gasteiger partial charge is 0.126 e. The van der Waals surface area contributed by atoms with Crippen molar-refractivity contribution in [2.24, 2.45) is 0 Å². The summed E-state index contributed by atoms with van der Waals surface area (Å²) in [6, 6.07) is 9.43. The zero-order valence-electron chi connectivity index (χ0n) is 9.56. The highest BCUT2D eigenvalue weighted by molar-refractivity contribution is 7.84. The molecule has 0 bridgehead atoms. The van der Waals surface area contributed by atoms with Crippen LogP contribution in [-0.2, 0) is 16.6 Å². The van der Waals surface area contributed by atoms with Gasteiger partial charge in [0.1, 0.15) is 5.82 Å². The topological polar surface area (TPSA) is 47.3 Å². The highest BCUT2D eigenvalue weighted by atomic mass is 32.2. The minimum absolute atomic E-state index is 0.405. The molecule has 4 nitrogen and oxygen atoms in total. The molecule has 1 aromatic carbocycles. The fourth-order valence-corrected chi connectivity index (χ4v) is 2.86. The zero-order valence-corrected chi connectivity index (χ0v) is 10.4. The molecule has 0 saturated heterocycles. The number of rotatable bonds is 3. The third kappa shape index (κ3) is 2.04. The van der Waals surface area contributed by atoms with Gasteiger partial charge in [0.05, 0.1) is 34.5 Å². The van der Waals surface area contributed by atoms with Gasteiger partial charge in [-0.3, -0.25) is 13.6 Å². The standard InChI is InChI=1S/C13H11N3OS/c17-18(12-4-2-1-3-5-12)10-13-15-9-11-8-14-6-7-16(11)13/h1-9H,10H2. The maximum Gasteiger partial charge on any atom is 0.126 e. The molecule has 0 fully saturated rings. The molecule has 0 amide bonds. The lowest BCUT2D eigenvalue weighted by atomic mass is 10.4. The summed E-state index contributed by atoms with van der Waals surface area (Å²) in [5, 5.41) is 0. The van der Waals surface area contributed by atoms with Crippen LogP contribution in [0.15, 0.2) is 60.0 Å². The van der Waals surface area contributed by atoms with Crippen molar-refractivity contribution in [2.45, 2.75) is 10.6 Å². The summed E-state index contributed by atoms with van der Waals surface area (Å²) in [5.41, 5.74) is 0.914. The van der Waals surface area contributed by atoms with Crippen LogP contribution in [0.25, 0.3) is 5.52 Å². The predicted molar refractivity (Wildman–Crippen MR) is 69.5 cm³/mol. The van der Waals surface area contributed by atoms with E-state index >= 15 is 0 Å². The van der Waals surface area contributed by atoms with Crippen molar-refractivity contribution in [1.82, 2.24) is 14.4 Å². The first-order valence-electron chi connectivity index (χ1n) is 5.54. The molecule has 0 aliphatic heterocycles. The van der Waals surface area contributed by atoms with Crippen molar-refractivity contribution >= 4 is 16.3 Å². The van der Waals surface area contributed by atoms with Gasteiger partial charge in [0.25, 0.3) is 0 Å². The molecule has 2 heterocycles. The Balaban J connectivity index is 1.91. The lowest BCUT2D eigenvalue weighted by Crippen LogP contribution is -2.01. The number of hydrogen-bond acceptors (Lipinski definition) is 3. The monoisotopic (exact) mass is 257 g/mol. The molecule has 0 radical (unpaired) electrons. The van der Waals surface area contributed by atoms with Gasteiger partial charge < -0.3 is 0 Å². The predicted octanol–water partition coefficient (Wildman–Crippen LogP) is 2.04. The van der Waals surface area contributed by atoms with Gasteiger partial charge in [-0.2, -0.15) is 0 Å². The Morgan fingerprint density at radius 1 is 1.17 bits per heavy atom. The fourth-order valence-electron chi connectivity index (χ4n) is 1.79. The average molecular weight is 257 g/mol. The van der Waals surface area contributed by atoms with Crippen molar-refractivity contribution in [3.05, 3.63) is 60.9 Å². The molecule has 0 N–H and O–H groups in total. The van der Waals surface area contributed by atoms with Gasteiger partial charge in [-0.05, 0) is 12.1 Å². The van der Waals surface area contributed by atoms with Crippen LogP contribution in [0.3, 0.4) is 0 Å². The second-order valence-corrected chi connectivity index (χ2v) is 5.30. The van der Waals surface area contributed by atoms with Crippen molar-refractivity contribution < 1.29 is 4.21 Å². The highest BCUT2D eigenvalue weighted by Crippen LogP contribution is 2.12.